The molecule has 5 nitrogen and oxygen atoms in total. The first-order chi connectivity index (χ1) is 9.31. The van der Waals surface area contributed by atoms with Gasteiger partial charge in [-0.2, -0.15) is 18.3 Å². The maximum atomic E-state index is 12.8. The van der Waals surface area contributed by atoms with E-state index in [9.17, 15) is 18.0 Å². The third-order valence-corrected chi connectivity index (χ3v) is 2.52. The van der Waals surface area contributed by atoms with Crippen molar-refractivity contribution in [1.29, 1.82) is 0 Å². The lowest BCUT2D eigenvalue weighted by Crippen LogP contribution is -2.14. The molecule has 0 atom stereocenters. The van der Waals surface area contributed by atoms with E-state index in [-0.39, 0.29) is 16.5 Å². The van der Waals surface area contributed by atoms with Crippen molar-refractivity contribution < 1.29 is 22.7 Å². The zero-order chi connectivity index (χ0) is 14.9. The minimum atomic E-state index is -4.70. The van der Waals surface area contributed by atoms with Gasteiger partial charge in [-0.05, 0) is 18.2 Å². The molecule has 2 heterocycles. The van der Waals surface area contributed by atoms with Gasteiger partial charge in [-0.3, -0.25) is 0 Å². The Hall–Kier alpha value is -2.09. The van der Waals surface area contributed by atoms with E-state index in [1.165, 1.54) is 12.3 Å². The molecule has 0 saturated carbocycles. The molecule has 0 amide bonds. The number of rotatable bonds is 2. The summed E-state index contributed by atoms with van der Waals surface area (Å²) in [6.45, 7) is 0. The van der Waals surface area contributed by atoms with Crippen LogP contribution in [0.5, 0.6) is 0 Å². The van der Waals surface area contributed by atoms with Gasteiger partial charge >= 0.3 is 12.1 Å². The third-order valence-electron chi connectivity index (χ3n) is 2.31. The molecule has 0 aliphatic rings. The Balaban J connectivity index is 2.59. The lowest BCUT2D eigenvalue weighted by Gasteiger charge is -2.10. The predicted octanol–water partition coefficient (Wildman–Crippen LogP) is 2.73. The fourth-order valence-corrected chi connectivity index (χ4v) is 1.58. The van der Waals surface area contributed by atoms with E-state index < -0.39 is 17.8 Å². The normalized spacial score (nSPS) is 11.4. The SMILES string of the molecule is COC(=O)c1cc(-n2ccc(Cl)n2)nc(C(F)(F)F)c1. The summed E-state index contributed by atoms with van der Waals surface area (Å²) in [5, 5.41) is 3.82. The summed E-state index contributed by atoms with van der Waals surface area (Å²) in [5.74, 6) is -1.09. The lowest BCUT2D eigenvalue weighted by molar-refractivity contribution is -0.141. The van der Waals surface area contributed by atoms with Gasteiger partial charge in [0.05, 0.1) is 12.7 Å². The summed E-state index contributed by atoms with van der Waals surface area (Å²) in [6, 6.07) is 3.12. The molecule has 0 spiro atoms. The van der Waals surface area contributed by atoms with Crippen LogP contribution in [0.4, 0.5) is 13.2 Å². The summed E-state index contributed by atoms with van der Waals surface area (Å²) in [5.41, 5.74) is -1.50. The number of methoxy groups -OCH3 is 1. The molecule has 2 aromatic heterocycles. The number of hydrogen-bond acceptors (Lipinski definition) is 4. The lowest BCUT2D eigenvalue weighted by atomic mass is 10.2. The number of pyridine rings is 1. The fraction of sp³-hybridized carbons (Fsp3) is 0.182. The zero-order valence-corrected chi connectivity index (χ0v) is 10.7. The Morgan fingerprint density at radius 2 is 2.10 bits per heavy atom. The highest BCUT2D eigenvalue weighted by Crippen LogP contribution is 2.29. The maximum Gasteiger partial charge on any atom is 0.433 e. The number of esters is 1. The summed E-state index contributed by atoms with van der Waals surface area (Å²) in [4.78, 5) is 14.8. The Morgan fingerprint density at radius 1 is 1.40 bits per heavy atom. The van der Waals surface area contributed by atoms with Crippen molar-refractivity contribution in [2.24, 2.45) is 0 Å². The number of nitrogens with zero attached hydrogens (tertiary/aromatic N) is 3. The fourth-order valence-electron chi connectivity index (χ4n) is 1.44. The average molecular weight is 306 g/mol. The highest BCUT2D eigenvalue weighted by molar-refractivity contribution is 6.29. The first-order valence-corrected chi connectivity index (χ1v) is 5.58. The molecular formula is C11H7ClF3N3O2. The van der Waals surface area contributed by atoms with E-state index in [1.807, 2.05) is 0 Å². The van der Waals surface area contributed by atoms with Crippen LogP contribution in [0, 0.1) is 0 Å². The van der Waals surface area contributed by atoms with Crippen molar-refractivity contribution in [3.8, 4) is 5.82 Å². The van der Waals surface area contributed by atoms with Crippen LogP contribution in [0.3, 0.4) is 0 Å². The van der Waals surface area contributed by atoms with Crippen LogP contribution in [-0.4, -0.2) is 27.8 Å². The van der Waals surface area contributed by atoms with Gasteiger partial charge in [0.2, 0.25) is 0 Å². The van der Waals surface area contributed by atoms with Gasteiger partial charge in [0.1, 0.15) is 5.69 Å². The molecule has 0 unspecified atom stereocenters. The first kappa shape index (κ1) is 14.3. The second kappa shape index (κ2) is 5.12. The van der Waals surface area contributed by atoms with Crippen LogP contribution in [0.1, 0.15) is 16.1 Å². The van der Waals surface area contributed by atoms with Gasteiger partial charge in [-0.25, -0.2) is 14.5 Å². The molecule has 106 valence electrons. The number of hydrogen-bond donors (Lipinski definition) is 0. The van der Waals surface area contributed by atoms with E-state index in [2.05, 4.69) is 14.8 Å². The van der Waals surface area contributed by atoms with Gasteiger partial charge in [-0.15, -0.1) is 0 Å². The second-order valence-corrected chi connectivity index (χ2v) is 4.06. The molecule has 0 N–H and O–H groups in total. The van der Waals surface area contributed by atoms with E-state index >= 15 is 0 Å². The summed E-state index contributed by atoms with van der Waals surface area (Å²) in [7, 11) is 1.07. The van der Waals surface area contributed by atoms with Crippen molar-refractivity contribution in [2.45, 2.75) is 6.18 Å². The molecular weight excluding hydrogens is 299 g/mol. The number of aromatic nitrogens is 3. The third kappa shape index (κ3) is 2.90. The van der Waals surface area contributed by atoms with Crippen LogP contribution in [0.15, 0.2) is 24.4 Å². The molecule has 0 radical (unpaired) electrons. The molecule has 9 heteroatoms. The van der Waals surface area contributed by atoms with Crippen molar-refractivity contribution in [2.75, 3.05) is 7.11 Å². The van der Waals surface area contributed by atoms with E-state index in [0.29, 0.717) is 6.07 Å². The van der Waals surface area contributed by atoms with Crippen LogP contribution < -0.4 is 0 Å². The average Bonchev–Trinajstić information content (AvgIpc) is 2.83. The largest absolute Gasteiger partial charge is 0.465 e. The molecule has 20 heavy (non-hydrogen) atoms. The number of alkyl halides is 3. The van der Waals surface area contributed by atoms with Crippen molar-refractivity contribution in [3.63, 3.8) is 0 Å². The first-order valence-electron chi connectivity index (χ1n) is 5.20. The van der Waals surface area contributed by atoms with E-state index in [0.717, 1.165) is 17.9 Å². The smallest absolute Gasteiger partial charge is 0.433 e. The van der Waals surface area contributed by atoms with E-state index in [4.69, 9.17) is 11.6 Å². The summed E-state index contributed by atoms with van der Waals surface area (Å²) >= 11 is 5.60. The van der Waals surface area contributed by atoms with Gasteiger partial charge in [0.15, 0.2) is 11.0 Å². The highest BCUT2D eigenvalue weighted by atomic mass is 35.5. The van der Waals surface area contributed by atoms with Crippen molar-refractivity contribution in [1.82, 2.24) is 14.8 Å². The monoisotopic (exact) mass is 305 g/mol. The van der Waals surface area contributed by atoms with Crippen molar-refractivity contribution in [3.05, 3.63) is 40.8 Å². The summed E-state index contributed by atoms with van der Waals surface area (Å²) in [6.07, 6.45) is -3.37. The Bertz CT molecular complexity index is 655. The van der Waals surface area contributed by atoms with Crippen LogP contribution in [0.2, 0.25) is 5.15 Å². The van der Waals surface area contributed by atoms with Crippen LogP contribution >= 0.6 is 11.6 Å². The molecule has 0 saturated heterocycles. The summed E-state index contributed by atoms with van der Waals surface area (Å²) < 4.78 is 43.7. The van der Waals surface area contributed by atoms with Gasteiger partial charge in [0, 0.05) is 6.20 Å². The molecule has 0 fully saturated rings. The Kier molecular flexibility index (Phi) is 3.67. The molecule has 2 aromatic rings. The molecule has 0 bridgehead atoms. The van der Waals surface area contributed by atoms with Crippen LogP contribution in [0.25, 0.3) is 5.82 Å². The molecule has 0 aliphatic carbocycles. The standard InChI is InChI=1S/C11H7ClF3N3O2/c1-20-10(19)6-4-7(11(13,14)15)16-9(5-6)18-3-2-8(12)17-18/h2-5H,1H3. The minimum absolute atomic E-state index is 0.0869. The number of ether oxygens (including phenoxy) is 1. The molecule has 2 rings (SSSR count). The second-order valence-electron chi connectivity index (χ2n) is 3.67. The molecule has 0 aromatic carbocycles. The van der Waals surface area contributed by atoms with Gasteiger partial charge < -0.3 is 4.74 Å². The maximum absolute atomic E-state index is 12.8. The van der Waals surface area contributed by atoms with Crippen LogP contribution in [-0.2, 0) is 10.9 Å². The van der Waals surface area contributed by atoms with Gasteiger partial charge in [0.25, 0.3) is 0 Å². The number of carbonyl (C=O) groups excluding carboxylic acids is 1. The topological polar surface area (TPSA) is 57.0 Å². The quantitative estimate of drug-likeness (QED) is 0.801. The van der Waals surface area contributed by atoms with E-state index in [1.54, 1.807) is 0 Å². The molecule has 0 aliphatic heterocycles. The Morgan fingerprint density at radius 3 is 2.60 bits per heavy atom. The number of halogens is 4. The Labute approximate surface area is 115 Å². The number of carbonyl (C=O) groups is 1. The van der Waals surface area contributed by atoms with Crippen molar-refractivity contribution >= 4 is 17.6 Å². The zero-order valence-electron chi connectivity index (χ0n) is 9.98. The highest BCUT2D eigenvalue weighted by Gasteiger charge is 2.34. The predicted molar refractivity (Wildman–Crippen MR) is 62.7 cm³/mol. The minimum Gasteiger partial charge on any atom is -0.465 e. The van der Waals surface area contributed by atoms with Gasteiger partial charge in [-0.1, -0.05) is 11.6 Å².